The Balaban J connectivity index is 1.97. The van der Waals surface area contributed by atoms with E-state index in [4.69, 9.17) is 5.73 Å². The normalized spacial score (nSPS) is 17.2. The Labute approximate surface area is 124 Å². The highest BCUT2D eigenvalue weighted by Gasteiger charge is 2.19. The van der Waals surface area contributed by atoms with Gasteiger partial charge in [0.15, 0.2) is 0 Å². The van der Waals surface area contributed by atoms with Crippen LogP contribution in [0.25, 0.3) is 0 Å². The number of hydrogen-bond donors (Lipinski definition) is 1. The fourth-order valence-corrected chi connectivity index (χ4v) is 3.30. The largest absolute Gasteiger partial charge is 0.368 e. The quantitative estimate of drug-likeness (QED) is 0.923. The summed E-state index contributed by atoms with van der Waals surface area (Å²) in [4.78, 5) is 5.02. The Morgan fingerprint density at radius 2 is 1.89 bits per heavy atom. The van der Waals surface area contributed by atoms with Crippen LogP contribution in [0, 0.1) is 5.92 Å². The number of hydrogen-bond acceptors (Lipinski definition) is 3. The van der Waals surface area contributed by atoms with Crippen molar-refractivity contribution in [2.45, 2.75) is 20.4 Å². The number of nitrogens with zero attached hydrogens (tertiary/aromatic N) is 2. The molecule has 0 bridgehead atoms. The maximum atomic E-state index is 5.67. The summed E-state index contributed by atoms with van der Waals surface area (Å²) >= 11 is 3.67. The van der Waals surface area contributed by atoms with Gasteiger partial charge in [-0.3, -0.25) is 4.90 Å². The third-order valence-corrected chi connectivity index (χ3v) is 4.22. The molecule has 106 valence electrons. The number of benzene rings is 1. The Bertz CT molecular complexity index is 412. The average molecular weight is 326 g/mol. The van der Waals surface area contributed by atoms with Crippen LogP contribution in [0.15, 0.2) is 22.7 Å². The summed E-state index contributed by atoms with van der Waals surface area (Å²) in [6, 6.07) is 6.45. The summed E-state index contributed by atoms with van der Waals surface area (Å²) in [7, 11) is 0. The molecule has 1 aromatic rings. The molecular formula is C15H24BrN3. The first-order valence-corrected chi connectivity index (χ1v) is 7.85. The highest BCUT2D eigenvalue weighted by Crippen LogP contribution is 2.28. The van der Waals surface area contributed by atoms with Crippen molar-refractivity contribution in [3.63, 3.8) is 0 Å². The van der Waals surface area contributed by atoms with E-state index in [1.54, 1.807) is 0 Å². The van der Waals surface area contributed by atoms with Crippen LogP contribution in [-0.4, -0.2) is 37.6 Å². The van der Waals surface area contributed by atoms with E-state index in [1.807, 2.05) is 0 Å². The minimum atomic E-state index is 0.598. The van der Waals surface area contributed by atoms with Gasteiger partial charge >= 0.3 is 0 Å². The van der Waals surface area contributed by atoms with Crippen molar-refractivity contribution >= 4 is 21.6 Å². The lowest BCUT2D eigenvalue weighted by molar-refractivity contribution is 0.231. The lowest BCUT2D eigenvalue weighted by atomic mass is 10.1. The molecule has 2 N–H and O–H groups in total. The molecule has 0 saturated carbocycles. The van der Waals surface area contributed by atoms with Gasteiger partial charge in [-0.25, -0.2) is 0 Å². The first-order chi connectivity index (χ1) is 9.10. The van der Waals surface area contributed by atoms with E-state index in [0.29, 0.717) is 6.54 Å². The molecule has 19 heavy (non-hydrogen) atoms. The Hall–Kier alpha value is -0.580. The zero-order chi connectivity index (χ0) is 13.8. The van der Waals surface area contributed by atoms with Crippen LogP contribution in [0.5, 0.6) is 0 Å². The molecule has 1 heterocycles. The molecule has 3 nitrogen and oxygen atoms in total. The van der Waals surface area contributed by atoms with Gasteiger partial charge in [0, 0.05) is 43.7 Å². The zero-order valence-electron chi connectivity index (χ0n) is 11.9. The molecular weight excluding hydrogens is 302 g/mol. The minimum Gasteiger partial charge on any atom is -0.368 e. The monoisotopic (exact) mass is 325 g/mol. The summed E-state index contributed by atoms with van der Waals surface area (Å²) < 4.78 is 1.16. The van der Waals surface area contributed by atoms with Crippen molar-refractivity contribution in [3.05, 3.63) is 28.2 Å². The van der Waals surface area contributed by atoms with Gasteiger partial charge in [0.05, 0.1) is 5.69 Å². The molecule has 1 aromatic carbocycles. The molecule has 1 aliphatic heterocycles. The van der Waals surface area contributed by atoms with Crippen molar-refractivity contribution in [1.29, 1.82) is 0 Å². The molecule has 0 amide bonds. The Morgan fingerprint density at radius 1 is 1.21 bits per heavy atom. The SMILES string of the molecule is CC(C)CN1CCN(c2ccc(CN)cc2Br)CC1. The number of rotatable bonds is 4. The van der Waals surface area contributed by atoms with Crippen LogP contribution >= 0.6 is 15.9 Å². The number of piperazine rings is 1. The van der Waals surface area contributed by atoms with E-state index in [1.165, 1.54) is 17.8 Å². The molecule has 0 radical (unpaired) electrons. The zero-order valence-corrected chi connectivity index (χ0v) is 13.5. The van der Waals surface area contributed by atoms with Gasteiger partial charge < -0.3 is 10.6 Å². The van der Waals surface area contributed by atoms with Gasteiger partial charge in [0.25, 0.3) is 0 Å². The molecule has 0 aliphatic carbocycles. The molecule has 0 spiro atoms. The Kier molecular flexibility index (Phi) is 5.25. The van der Waals surface area contributed by atoms with Gasteiger partial charge in [-0.2, -0.15) is 0 Å². The molecule has 1 saturated heterocycles. The van der Waals surface area contributed by atoms with Crippen LogP contribution in [-0.2, 0) is 6.54 Å². The summed E-state index contributed by atoms with van der Waals surface area (Å²) in [5.41, 5.74) is 8.14. The third-order valence-electron chi connectivity index (χ3n) is 3.58. The van der Waals surface area contributed by atoms with Crippen molar-refractivity contribution in [2.75, 3.05) is 37.6 Å². The van der Waals surface area contributed by atoms with Crippen LogP contribution in [0.3, 0.4) is 0 Å². The molecule has 0 aromatic heterocycles. The maximum Gasteiger partial charge on any atom is 0.0511 e. The van der Waals surface area contributed by atoms with E-state index in [0.717, 1.165) is 36.6 Å². The summed E-state index contributed by atoms with van der Waals surface area (Å²) in [5, 5.41) is 0. The van der Waals surface area contributed by atoms with E-state index in [9.17, 15) is 0 Å². The highest BCUT2D eigenvalue weighted by atomic mass is 79.9. The molecule has 1 fully saturated rings. The van der Waals surface area contributed by atoms with E-state index in [2.05, 4.69) is 57.8 Å². The molecule has 0 unspecified atom stereocenters. The van der Waals surface area contributed by atoms with Gasteiger partial charge in [-0.05, 0) is 39.5 Å². The second-order valence-corrected chi connectivity index (χ2v) is 6.53. The smallest absolute Gasteiger partial charge is 0.0511 e. The van der Waals surface area contributed by atoms with Crippen LogP contribution in [0.4, 0.5) is 5.69 Å². The van der Waals surface area contributed by atoms with Crippen molar-refractivity contribution < 1.29 is 0 Å². The predicted molar refractivity (Wildman–Crippen MR) is 85.5 cm³/mol. The minimum absolute atomic E-state index is 0.598. The molecule has 1 aliphatic rings. The van der Waals surface area contributed by atoms with Crippen LogP contribution < -0.4 is 10.6 Å². The summed E-state index contributed by atoms with van der Waals surface area (Å²) in [5.74, 6) is 0.752. The fraction of sp³-hybridized carbons (Fsp3) is 0.600. The molecule has 0 atom stereocenters. The number of nitrogens with two attached hydrogens (primary N) is 1. The van der Waals surface area contributed by atoms with Crippen LogP contribution in [0.2, 0.25) is 0 Å². The highest BCUT2D eigenvalue weighted by molar-refractivity contribution is 9.10. The second kappa shape index (κ2) is 6.73. The average Bonchev–Trinajstić information content (AvgIpc) is 2.39. The fourth-order valence-electron chi connectivity index (χ4n) is 2.62. The standard InChI is InChI=1S/C15H24BrN3/c1-12(2)11-18-5-7-19(8-6-18)15-4-3-13(10-17)9-14(15)16/h3-4,9,12H,5-8,10-11,17H2,1-2H3. The topological polar surface area (TPSA) is 32.5 Å². The van der Waals surface area contributed by atoms with Crippen molar-refractivity contribution in [2.24, 2.45) is 11.7 Å². The number of halogens is 1. The predicted octanol–water partition coefficient (Wildman–Crippen LogP) is 2.69. The lowest BCUT2D eigenvalue weighted by Gasteiger charge is -2.37. The van der Waals surface area contributed by atoms with Gasteiger partial charge in [-0.1, -0.05) is 19.9 Å². The molecule has 4 heteroatoms. The maximum absolute atomic E-state index is 5.67. The lowest BCUT2D eigenvalue weighted by Crippen LogP contribution is -2.47. The van der Waals surface area contributed by atoms with Crippen molar-refractivity contribution in [3.8, 4) is 0 Å². The second-order valence-electron chi connectivity index (χ2n) is 5.67. The summed E-state index contributed by atoms with van der Waals surface area (Å²) in [6.45, 7) is 10.9. The van der Waals surface area contributed by atoms with Gasteiger partial charge in [0.1, 0.15) is 0 Å². The van der Waals surface area contributed by atoms with E-state index < -0.39 is 0 Å². The van der Waals surface area contributed by atoms with Crippen molar-refractivity contribution in [1.82, 2.24) is 4.90 Å². The first kappa shape index (κ1) is 14.8. The first-order valence-electron chi connectivity index (χ1n) is 7.06. The van der Waals surface area contributed by atoms with E-state index >= 15 is 0 Å². The Morgan fingerprint density at radius 3 is 2.42 bits per heavy atom. The molecule has 2 rings (SSSR count). The number of anilines is 1. The van der Waals surface area contributed by atoms with Gasteiger partial charge in [-0.15, -0.1) is 0 Å². The third kappa shape index (κ3) is 3.94. The van der Waals surface area contributed by atoms with Gasteiger partial charge in [0.2, 0.25) is 0 Å². The van der Waals surface area contributed by atoms with Crippen LogP contribution in [0.1, 0.15) is 19.4 Å². The van der Waals surface area contributed by atoms with E-state index in [-0.39, 0.29) is 0 Å². The summed E-state index contributed by atoms with van der Waals surface area (Å²) in [6.07, 6.45) is 0.